The van der Waals surface area contributed by atoms with Crippen LogP contribution in [0.1, 0.15) is 32.1 Å². The maximum atomic E-state index is 11.8. The summed E-state index contributed by atoms with van der Waals surface area (Å²) < 4.78 is 26.1. The van der Waals surface area contributed by atoms with Crippen LogP contribution in [-0.4, -0.2) is 26.1 Å². The van der Waals surface area contributed by atoms with Gasteiger partial charge < -0.3 is 0 Å². The highest BCUT2D eigenvalue weighted by Crippen LogP contribution is 2.22. The second-order valence-electron chi connectivity index (χ2n) is 3.78. The van der Waals surface area contributed by atoms with E-state index in [4.69, 9.17) is 11.6 Å². The average Bonchev–Trinajstić information content (AvgIpc) is 2.26. The lowest BCUT2D eigenvalue weighted by Crippen LogP contribution is -2.35. The minimum atomic E-state index is -3.11. The normalized spacial score (nSPS) is 19.8. The first-order valence-electron chi connectivity index (χ1n) is 5.36. The Kier molecular flexibility index (Phi) is 5.64. The summed E-state index contributed by atoms with van der Waals surface area (Å²) in [5, 5.41) is -0.185. The minimum absolute atomic E-state index is 0.185. The molecular weight excluding hydrogens is 234 g/mol. The van der Waals surface area contributed by atoms with E-state index in [-0.39, 0.29) is 5.25 Å². The van der Waals surface area contributed by atoms with Crippen molar-refractivity contribution < 1.29 is 8.42 Å². The summed E-state index contributed by atoms with van der Waals surface area (Å²) in [4.78, 5) is 0. The molecule has 15 heavy (non-hydrogen) atoms. The molecule has 0 spiro atoms. The molecule has 0 aliphatic heterocycles. The first kappa shape index (κ1) is 13.0. The molecule has 5 heteroatoms. The van der Waals surface area contributed by atoms with Gasteiger partial charge in [-0.05, 0) is 12.8 Å². The van der Waals surface area contributed by atoms with Crippen molar-refractivity contribution in [1.29, 1.82) is 0 Å². The molecule has 0 atom stereocenters. The van der Waals surface area contributed by atoms with Gasteiger partial charge in [-0.25, -0.2) is 13.1 Å². The molecule has 1 saturated carbocycles. The quantitative estimate of drug-likeness (QED) is 0.600. The largest absolute Gasteiger partial charge is 0.214 e. The Bertz CT molecular complexity index is 295. The van der Waals surface area contributed by atoms with Crippen LogP contribution in [0.2, 0.25) is 0 Å². The smallest absolute Gasteiger partial charge is 0.212 e. The van der Waals surface area contributed by atoms with Crippen molar-refractivity contribution in [3.05, 3.63) is 12.2 Å². The summed E-state index contributed by atoms with van der Waals surface area (Å²) in [6.07, 6.45) is 8.31. The zero-order valence-corrected chi connectivity index (χ0v) is 10.4. The molecule has 0 aromatic heterocycles. The summed E-state index contributed by atoms with van der Waals surface area (Å²) in [6, 6.07) is 0. The van der Waals surface area contributed by atoms with Crippen molar-refractivity contribution >= 4 is 21.6 Å². The fourth-order valence-corrected chi connectivity index (χ4v) is 3.45. The van der Waals surface area contributed by atoms with Gasteiger partial charge in [-0.3, -0.25) is 0 Å². The Morgan fingerprint density at radius 3 is 2.47 bits per heavy atom. The molecule has 0 aromatic carbocycles. The van der Waals surface area contributed by atoms with E-state index in [9.17, 15) is 8.42 Å². The van der Waals surface area contributed by atoms with Crippen molar-refractivity contribution in [1.82, 2.24) is 4.72 Å². The van der Waals surface area contributed by atoms with E-state index < -0.39 is 10.0 Å². The number of sulfonamides is 1. The standard InChI is InChI=1S/C10H18ClNO2S/c11-8-4-5-9-12-15(13,14)10-6-2-1-3-7-10/h4-5,10,12H,1-3,6-9H2/b5-4+. The first-order valence-corrected chi connectivity index (χ1v) is 7.44. The highest BCUT2D eigenvalue weighted by atomic mass is 35.5. The molecule has 0 radical (unpaired) electrons. The maximum Gasteiger partial charge on any atom is 0.214 e. The molecule has 0 bridgehead atoms. The Morgan fingerprint density at radius 1 is 1.20 bits per heavy atom. The Labute approximate surface area is 96.9 Å². The molecule has 1 fully saturated rings. The Hall–Kier alpha value is -0.0600. The van der Waals surface area contributed by atoms with E-state index in [2.05, 4.69) is 4.72 Å². The summed E-state index contributed by atoms with van der Waals surface area (Å²) in [6.45, 7) is 0.353. The molecule has 3 nitrogen and oxygen atoms in total. The summed E-state index contributed by atoms with van der Waals surface area (Å²) in [7, 11) is -3.11. The number of hydrogen-bond acceptors (Lipinski definition) is 2. The molecule has 0 unspecified atom stereocenters. The molecule has 0 amide bonds. The molecule has 1 rings (SSSR count). The van der Waals surface area contributed by atoms with E-state index in [1.807, 2.05) is 0 Å². The van der Waals surface area contributed by atoms with Gasteiger partial charge in [0.25, 0.3) is 0 Å². The van der Waals surface area contributed by atoms with Crippen molar-refractivity contribution in [2.75, 3.05) is 12.4 Å². The molecule has 0 saturated heterocycles. The highest BCUT2D eigenvalue weighted by Gasteiger charge is 2.26. The number of rotatable bonds is 5. The monoisotopic (exact) mass is 251 g/mol. The molecule has 1 aliphatic rings. The molecular formula is C10H18ClNO2S. The van der Waals surface area contributed by atoms with Gasteiger partial charge in [0.1, 0.15) is 0 Å². The minimum Gasteiger partial charge on any atom is -0.212 e. The number of nitrogens with one attached hydrogen (secondary N) is 1. The van der Waals surface area contributed by atoms with Crippen LogP contribution in [-0.2, 0) is 10.0 Å². The average molecular weight is 252 g/mol. The lowest BCUT2D eigenvalue weighted by molar-refractivity contribution is 0.479. The number of hydrogen-bond donors (Lipinski definition) is 1. The predicted molar refractivity (Wildman–Crippen MR) is 63.7 cm³/mol. The Morgan fingerprint density at radius 2 is 1.87 bits per heavy atom. The summed E-state index contributed by atoms with van der Waals surface area (Å²) in [5.74, 6) is 0.422. The van der Waals surface area contributed by atoms with Crippen LogP contribution in [0.5, 0.6) is 0 Å². The van der Waals surface area contributed by atoms with Gasteiger partial charge in [-0.15, -0.1) is 11.6 Å². The van der Waals surface area contributed by atoms with Crippen LogP contribution in [0.3, 0.4) is 0 Å². The van der Waals surface area contributed by atoms with Crippen LogP contribution < -0.4 is 4.72 Å². The van der Waals surface area contributed by atoms with E-state index in [1.165, 1.54) is 0 Å². The van der Waals surface area contributed by atoms with E-state index in [0.29, 0.717) is 12.4 Å². The molecule has 88 valence electrons. The molecule has 1 N–H and O–H groups in total. The van der Waals surface area contributed by atoms with Gasteiger partial charge in [0, 0.05) is 12.4 Å². The van der Waals surface area contributed by atoms with Crippen LogP contribution in [0.15, 0.2) is 12.2 Å². The van der Waals surface area contributed by atoms with Gasteiger partial charge in [0.05, 0.1) is 5.25 Å². The van der Waals surface area contributed by atoms with Crippen molar-refractivity contribution in [2.45, 2.75) is 37.4 Å². The lowest BCUT2D eigenvalue weighted by Gasteiger charge is -2.21. The third-order valence-electron chi connectivity index (χ3n) is 2.65. The number of allylic oxidation sites excluding steroid dienone is 1. The van der Waals surface area contributed by atoms with Crippen LogP contribution in [0.25, 0.3) is 0 Å². The fraction of sp³-hybridized carbons (Fsp3) is 0.800. The predicted octanol–water partition coefficient (Wildman–Crippen LogP) is 2.03. The van der Waals surface area contributed by atoms with Gasteiger partial charge in [0.2, 0.25) is 10.0 Å². The lowest BCUT2D eigenvalue weighted by atomic mass is 10.0. The second-order valence-corrected chi connectivity index (χ2v) is 6.13. The third-order valence-corrected chi connectivity index (χ3v) is 4.75. The van der Waals surface area contributed by atoms with Crippen molar-refractivity contribution in [3.8, 4) is 0 Å². The number of halogens is 1. The number of alkyl halides is 1. The molecule has 0 heterocycles. The van der Waals surface area contributed by atoms with Crippen LogP contribution in [0.4, 0.5) is 0 Å². The van der Waals surface area contributed by atoms with Gasteiger partial charge in [-0.1, -0.05) is 31.4 Å². The first-order chi connectivity index (χ1) is 7.17. The van der Waals surface area contributed by atoms with E-state index in [0.717, 1.165) is 32.1 Å². The van der Waals surface area contributed by atoms with Crippen LogP contribution >= 0.6 is 11.6 Å². The van der Waals surface area contributed by atoms with Gasteiger partial charge in [-0.2, -0.15) is 0 Å². The van der Waals surface area contributed by atoms with Crippen molar-refractivity contribution in [3.63, 3.8) is 0 Å². The summed E-state index contributed by atoms with van der Waals surface area (Å²) >= 11 is 5.44. The third kappa shape index (κ3) is 4.53. The molecule has 1 aliphatic carbocycles. The van der Waals surface area contributed by atoms with Gasteiger partial charge in [0.15, 0.2) is 0 Å². The zero-order valence-electron chi connectivity index (χ0n) is 8.78. The highest BCUT2D eigenvalue weighted by molar-refractivity contribution is 7.90. The molecule has 0 aromatic rings. The van der Waals surface area contributed by atoms with Crippen molar-refractivity contribution in [2.24, 2.45) is 0 Å². The van der Waals surface area contributed by atoms with Crippen LogP contribution in [0, 0.1) is 0 Å². The van der Waals surface area contributed by atoms with Gasteiger partial charge >= 0.3 is 0 Å². The fourth-order valence-electron chi connectivity index (χ4n) is 1.80. The summed E-state index contributed by atoms with van der Waals surface area (Å²) in [5.41, 5.74) is 0. The maximum absolute atomic E-state index is 11.8. The Balaban J connectivity index is 2.40. The topological polar surface area (TPSA) is 46.2 Å². The van der Waals surface area contributed by atoms with E-state index in [1.54, 1.807) is 12.2 Å². The second kappa shape index (κ2) is 6.51. The SMILES string of the molecule is O=S(=O)(NC/C=C/CCl)C1CCCCC1. The van der Waals surface area contributed by atoms with E-state index >= 15 is 0 Å². The zero-order chi connectivity index (χ0) is 11.1.